The molecule has 1 nitrogen and oxygen atoms in total. The molecule has 2 aromatic rings. The lowest BCUT2D eigenvalue weighted by molar-refractivity contribution is 0.694. The third-order valence-electron chi connectivity index (χ3n) is 2.35. The van der Waals surface area contributed by atoms with Crippen LogP contribution in [0.3, 0.4) is 0 Å². The standard InChI is InChI=1S/C12H12INS/c1-14-12(10-5-6-15-8-10)9-3-2-4-11(13)7-9/h2-8,12,14H,1H3. The van der Waals surface area contributed by atoms with Gasteiger partial charge in [-0.05, 0) is 69.7 Å². The van der Waals surface area contributed by atoms with Crippen LogP contribution in [-0.2, 0) is 0 Å². The zero-order valence-electron chi connectivity index (χ0n) is 8.41. The summed E-state index contributed by atoms with van der Waals surface area (Å²) < 4.78 is 1.28. The number of thiophene rings is 1. The number of hydrogen-bond donors (Lipinski definition) is 1. The summed E-state index contributed by atoms with van der Waals surface area (Å²) in [6.45, 7) is 0. The van der Waals surface area contributed by atoms with E-state index in [1.165, 1.54) is 14.7 Å². The van der Waals surface area contributed by atoms with E-state index < -0.39 is 0 Å². The fraction of sp³-hybridized carbons (Fsp3) is 0.167. The highest BCUT2D eigenvalue weighted by atomic mass is 127. The molecule has 1 aromatic heterocycles. The van der Waals surface area contributed by atoms with Crippen molar-refractivity contribution in [2.24, 2.45) is 0 Å². The van der Waals surface area contributed by atoms with Gasteiger partial charge < -0.3 is 5.32 Å². The molecule has 0 saturated carbocycles. The smallest absolute Gasteiger partial charge is 0.0582 e. The van der Waals surface area contributed by atoms with Crippen molar-refractivity contribution in [2.45, 2.75) is 6.04 Å². The SMILES string of the molecule is CNC(c1ccsc1)c1cccc(I)c1. The number of benzene rings is 1. The predicted molar refractivity (Wildman–Crippen MR) is 74.4 cm³/mol. The zero-order chi connectivity index (χ0) is 10.7. The minimum absolute atomic E-state index is 0.311. The van der Waals surface area contributed by atoms with Crippen LogP contribution in [0.25, 0.3) is 0 Å². The molecule has 0 bridgehead atoms. The lowest BCUT2D eigenvalue weighted by Crippen LogP contribution is -2.16. The molecule has 0 aliphatic carbocycles. The topological polar surface area (TPSA) is 12.0 Å². The van der Waals surface area contributed by atoms with Crippen molar-refractivity contribution in [2.75, 3.05) is 7.05 Å². The van der Waals surface area contributed by atoms with Crippen molar-refractivity contribution in [1.82, 2.24) is 5.32 Å². The first kappa shape index (κ1) is 11.1. The highest BCUT2D eigenvalue weighted by Gasteiger charge is 2.11. The van der Waals surface area contributed by atoms with Gasteiger partial charge in [-0.3, -0.25) is 0 Å². The summed E-state index contributed by atoms with van der Waals surface area (Å²) in [5.41, 5.74) is 2.66. The van der Waals surface area contributed by atoms with E-state index in [1.54, 1.807) is 11.3 Å². The first-order valence-electron chi connectivity index (χ1n) is 4.76. The molecular weight excluding hydrogens is 317 g/mol. The summed E-state index contributed by atoms with van der Waals surface area (Å²) in [5, 5.41) is 7.67. The maximum Gasteiger partial charge on any atom is 0.0582 e. The Hall–Kier alpha value is -0.390. The van der Waals surface area contributed by atoms with Gasteiger partial charge >= 0.3 is 0 Å². The molecule has 1 heterocycles. The fourth-order valence-electron chi connectivity index (χ4n) is 1.65. The molecule has 0 radical (unpaired) electrons. The number of rotatable bonds is 3. The quantitative estimate of drug-likeness (QED) is 0.848. The molecule has 1 unspecified atom stereocenters. The summed E-state index contributed by atoms with van der Waals surface area (Å²) >= 11 is 4.09. The predicted octanol–water partition coefficient (Wildman–Crippen LogP) is 3.66. The van der Waals surface area contributed by atoms with Crippen molar-refractivity contribution >= 4 is 33.9 Å². The molecule has 1 atom stereocenters. The monoisotopic (exact) mass is 329 g/mol. The highest BCUT2D eigenvalue weighted by molar-refractivity contribution is 14.1. The van der Waals surface area contributed by atoms with E-state index in [1.807, 2.05) is 7.05 Å². The van der Waals surface area contributed by atoms with Gasteiger partial charge in [0, 0.05) is 3.57 Å². The second-order valence-electron chi connectivity index (χ2n) is 3.33. The Morgan fingerprint density at radius 3 is 2.73 bits per heavy atom. The van der Waals surface area contributed by atoms with Crippen LogP contribution in [0.2, 0.25) is 0 Å². The van der Waals surface area contributed by atoms with E-state index >= 15 is 0 Å². The maximum atomic E-state index is 3.35. The summed E-state index contributed by atoms with van der Waals surface area (Å²) in [5.74, 6) is 0. The van der Waals surface area contributed by atoms with Crippen molar-refractivity contribution in [3.05, 3.63) is 55.8 Å². The second kappa shape index (κ2) is 5.09. The molecule has 1 aromatic carbocycles. The van der Waals surface area contributed by atoms with Gasteiger partial charge in [0.15, 0.2) is 0 Å². The Balaban J connectivity index is 2.35. The molecule has 0 spiro atoms. The van der Waals surface area contributed by atoms with Crippen LogP contribution in [0.4, 0.5) is 0 Å². The molecular formula is C12H12INS. The molecule has 0 aliphatic rings. The van der Waals surface area contributed by atoms with E-state index in [0.29, 0.717) is 6.04 Å². The summed E-state index contributed by atoms with van der Waals surface area (Å²) in [7, 11) is 2.00. The fourth-order valence-corrected chi connectivity index (χ4v) is 2.90. The van der Waals surface area contributed by atoms with Gasteiger partial charge in [-0.15, -0.1) is 0 Å². The Morgan fingerprint density at radius 2 is 2.13 bits per heavy atom. The Morgan fingerprint density at radius 1 is 1.27 bits per heavy atom. The Kier molecular flexibility index (Phi) is 3.77. The van der Waals surface area contributed by atoms with Crippen molar-refractivity contribution in [1.29, 1.82) is 0 Å². The lowest BCUT2D eigenvalue weighted by atomic mass is 10.0. The number of halogens is 1. The van der Waals surface area contributed by atoms with Crippen molar-refractivity contribution in [3.63, 3.8) is 0 Å². The minimum atomic E-state index is 0.311. The van der Waals surface area contributed by atoms with Crippen molar-refractivity contribution in [3.8, 4) is 0 Å². The highest BCUT2D eigenvalue weighted by Crippen LogP contribution is 2.24. The van der Waals surface area contributed by atoms with E-state index in [4.69, 9.17) is 0 Å². The van der Waals surface area contributed by atoms with Gasteiger partial charge in [-0.2, -0.15) is 11.3 Å². The van der Waals surface area contributed by atoms with Crippen molar-refractivity contribution < 1.29 is 0 Å². The molecule has 1 N–H and O–H groups in total. The number of nitrogens with one attached hydrogen (secondary N) is 1. The third kappa shape index (κ3) is 2.59. The van der Waals surface area contributed by atoms with Crippen LogP contribution in [0, 0.1) is 3.57 Å². The lowest BCUT2D eigenvalue weighted by Gasteiger charge is -2.15. The Bertz CT molecular complexity index is 425. The van der Waals surface area contributed by atoms with Gasteiger partial charge in [-0.1, -0.05) is 12.1 Å². The molecule has 0 fully saturated rings. The molecule has 15 heavy (non-hydrogen) atoms. The molecule has 0 aliphatic heterocycles. The summed E-state index contributed by atoms with van der Waals surface area (Å²) in [6.07, 6.45) is 0. The molecule has 2 rings (SSSR count). The summed E-state index contributed by atoms with van der Waals surface area (Å²) in [6, 6.07) is 11.1. The van der Waals surface area contributed by atoms with Gasteiger partial charge in [0.2, 0.25) is 0 Å². The molecule has 0 amide bonds. The van der Waals surface area contributed by atoms with Gasteiger partial charge in [-0.25, -0.2) is 0 Å². The largest absolute Gasteiger partial charge is 0.309 e. The first-order chi connectivity index (χ1) is 7.31. The van der Waals surface area contributed by atoms with Gasteiger partial charge in [0.1, 0.15) is 0 Å². The van der Waals surface area contributed by atoms with E-state index in [9.17, 15) is 0 Å². The van der Waals surface area contributed by atoms with Crippen LogP contribution >= 0.6 is 33.9 Å². The van der Waals surface area contributed by atoms with Crippen LogP contribution in [0.1, 0.15) is 17.2 Å². The average molecular weight is 329 g/mol. The third-order valence-corrected chi connectivity index (χ3v) is 3.72. The normalized spacial score (nSPS) is 12.7. The first-order valence-corrected chi connectivity index (χ1v) is 6.78. The van der Waals surface area contributed by atoms with E-state index in [0.717, 1.165) is 0 Å². The van der Waals surface area contributed by atoms with Crippen LogP contribution < -0.4 is 5.32 Å². The zero-order valence-corrected chi connectivity index (χ0v) is 11.4. The Labute approximate surface area is 108 Å². The minimum Gasteiger partial charge on any atom is -0.309 e. The maximum absolute atomic E-state index is 3.35. The van der Waals surface area contributed by atoms with E-state index in [-0.39, 0.29) is 0 Å². The second-order valence-corrected chi connectivity index (χ2v) is 5.36. The summed E-state index contributed by atoms with van der Waals surface area (Å²) in [4.78, 5) is 0. The van der Waals surface area contributed by atoms with Gasteiger partial charge in [0.05, 0.1) is 6.04 Å². The van der Waals surface area contributed by atoms with Gasteiger partial charge in [0.25, 0.3) is 0 Å². The number of hydrogen-bond acceptors (Lipinski definition) is 2. The van der Waals surface area contributed by atoms with Crippen LogP contribution in [0.5, 0.6) is 0 Å². The molecule has 0 saturated heterocycles. The van der Waals surface area contributed by atoms with E-state index in [2.05, 4.69) is 69.0 Å². The van der Waals surface area contributed by atoms with Crippen LogP contribution in [0.15, 0.2) is 41.1 Å². The van der Waals surface area contributed by atoms with Crippen LogP contribution in [-0.4, -0.2) is 7.05 Å². The average Bonchev–Trinajstić information content (AvgIpc) is 2.72. The molecule has 78 valence electrons. The molecule has 3 heteroatoms.